The second kappa shape index (κ2) is 3.61. The van der Waals surface area contributed by atoms with Crippen molar-refractivity contribution >= 4 is 17.4 Å². The highest BCUT2D eigenvalue weighted by Crippen LogP contribution is 2.23. The van der Waals surface area contributed by atoms with E-state index in [1.807, 2.05) is 0 Å². The van der Waals surface area contributed by atoms with Gasteiger partial charge in [-0.3, -0.25) is 0 Å². The molecule has 13 heavy (non-hydrogen) atoms. The summed E-state index contributed by atoms with van der Waals surface area (Å²) < 4.78 is 24.1. The summed E-state index contributed by atoms with van der Waals surface area (Å²) in [6.07, 6.45) is -2.86. The Bertz CT molecular complexity index is 345. The molecule has 0 aliphatic heterocycles. The first-order valence-electron chi connectivity index (χ1n) is 3.10. The Labute approximate surface area is 76.3 Å². The summed E-state index contributed by atoms with van der Waals surface area (Å²) in [6, 6.07) is 1.80. The number of pyridine rings is 1. The van der Waals surface area contributed by atoms with E-state index in [1.165, 1.54) is 0 Å². The molecule has 0 saturated heterocycles. The zero-order valence-corrected chi connectivity index (χ0v) is 6.83. The SMILES string of the molecule is O=[N+]([O-])c1cc(Cl)cc(C(F)F)n1. The summed E-state index contributed by atoms with van der Waals surface area (Å²) in [4.78, 5) is 12.4. The molecule has 0 aliphatic rings. The summed E-state index contributed by atoms with van der Waals surface area (Å²) >= 11 is 5.36. The van der Waals surface area contributed by atoms with E-state index in [0.29, 0.717) is 0 Å². The Balaban J connectivity index is 3.19. The fraction of sp³-hybridized carbons (Fsp3) is 0.167. The van der Waals surface area contributed by atoms with Crippen molar-refractivity contribution in [3.8, 4) is 0 Å². The normalized spacial score (nSPS) is 10.5. The molecule has 0 bridgehead atoms. The van der Waals surface area contributed by atoms with Crippen LogP contribution in [0.5, 0.6) is 0 Å². The minimum Gasteiger partial charge on any atom is -0.358 e. The van der Waals surface area contributed by atoms with E-state index < -0.39 is 22.9 Å². The molecule has 0 fully saturated rings. The molecule has 0 spiro atoms. The average molecular weight is 209 g/mol. The van der Waals surface area contributed by atoms with Gasteiger partial charge in [0.05, 0.1) is 11.1 Å². The number of alkyl halides is 2. The third kappa shape index (κ3) is 2.32. The monoisotopic (exact) mass is 208 g/mol. The van der Waals surface area contributed by atoms with Gasteiger partial charge in [0.2, 0.25) is 5.69 Å². The van der Waals surface area contributed by atoms with Crippen LogP contribution >= 0.6 is 11.6 Å². The Hall–Kier alpha value is -1.30. The smallest absolute Gasteiger partial charge is 0.358 e. The predicted octanol–water partition coefficient (Wildman–Crippen LogP) is 2.58. The highest BCUT2D eigenvalue weighted by atomic mass is 35.5. The van der Waals surface area contributed by atoms with Crippen molar-refractivity contribution in [2.45, 2.75) is 6.43 Å². The first-order chi connectivity index (χ1) is 6.00. The van der Waals surface area contributed by atoms with Gasteiger partial charge < -0.3 is 10.1 Å². The van der Waals surface area contributed by atoms with Crippen molar-refractivity contribution in [3.05, 3.63) is 33.0 Å². The molecule has 0 saturated carbocycles. The maximum atomic E-state index is 12.0. The van der Waals surface area contributed by atoms with Crippen LogP contribution < -0.4 is 0 Å². The van der Waals surface area contributed by atoms with Gasteiger partial charge in [-0.05, 0) is 9.91 Å². The molecule has 1 aromatic rings. The lowest BCUT2D eigenvalue weighted by atomic mass is 10.3. The van der Waals surface area contributed by atoms with Crippen molar-refractivity contribution in [3.63, 3.8) is 0 Å². The van der Waals surface area contributed by atoms with Gasteiger partial charge in [-0.2, -0.15) is 0 Å². The summed E-state index contributed by atoms with van der Waals surface area (Å²) in [5.41, 5.74) is -0.695. The first-order valence-corrected chi connectivity index (χ1v) is 3.48. The summed E-state index contributed by atoms with van der Waals surface area (Å²) in [6.45, 7) is 0. The maximum absolute atomic E-state index is 12.0. The lowest BCUT2D eigenvalue weighted by Gasteiger charge is -1.96. The number of halogens is 3. The summed E-state index contributed by atoms with van der Waals surface area (Å²) in [7, 11) is 0. The second-order valence-electron chi connectivity index (χ2n) is 2.13. The number of rotatable bonds is 2. The lowest BCUT2D eigenvalue weighted by molar-refractivity contribution is -0.389. The van der Waals surface area contributed by atoms with Gasteiger partial charge in [0, 0.05) is 6.07 Å². The van der Waals surface area contributed by atoms with E-state index in [-0.39, 0.29) is 5.02 Å². The Morgan fingerprint density at radius 2 is 2.15 bits per heavy atom. The molecule has 70 valence electrons. The standard InChI is InChI=1S/C6H3ClF2N2O2/c7-3-1-4(6(8)9)10-5(2-3)11(12)13/h1-2,6H. The highest BCUT2D eigenvalue weighted by molar-refractivity contribution is 6.30. The van der Waals surface area contributed by atoms with Crippen LogP contribution in [0.3, 0.4) is 0 Å². The van der Waals surface area contributed by atoms with Crippen LogP contribution in [0, 0.1) is 10.1 Å². The van der Waals surface area contributed by atoms with Gasteiger partial charge in [-0.1, -0.05) is 11.6 Å². The Morgan fingerprint density at radius 3 is 2.62 bits per heavy atom. The molecule has 0 N–H and O–H groups in total. The first kappa shape index (κ1) is 9.79. The lowest BCUT2D eigenvalue weighted by Crippen LogP contribution is -1.96. The molecular formula is C6H3ClF2N2O2. The van der Waals surface area contributed by atoms with Crippen LogP contribution in [0.15, 0.2) is 12.1 Å². The number of hydrogen-bond donors (Lipinski definition) is 0. The van der Waals surface area contributed by atoms with Crippen molar-refractivity contribution in [2.75, 3.05) is 0 Å². The van der Waals surface area contributed by atoms with Crippen LogP contribution in [0.1, 0.15) is 12.1 Å². The fourth-order valence-electron chi connectivity index (χ4n) is 0.708. The quantitative estimate of drug-likeness (QED) is 0.554. The number of aromatic nitrogens is 1. The topological polar surface area (TPSA) is 56.0 Å². The number of nitro groups is 1. The molecule has 1 rings (SSSR count). The third-order valence-electron chi connectivity index (χ3n) is 1.21. The minimum atomic E-state index is -2.86. The van der Waals surface area contributed by atoms with Gasteiger partial charge in [0.1, 0.15) is 0 Å². The molecule has 0 aromatic carbocycles. The second-order valence-corrected chi connectivity index (χ2v) is 2.56. The van der Waals surface area contributed by atoms with Crippen molar-refractivity contribution in [2.24, 2.45) is 0 Å². The maximum Gasteiger partial charge on any atom is 0.365 e. The molecule has 0 aliphatic carbocycles. The van der Waals surface area contributed by atoms with Crippen LogP contribution in [0.2, 0.25) is 5.02 Å². The molecule has 0 amide bonds. The zero-order valence-electron chi connectivity index (χ0n) is 6.08. The van der Waals surface area contributed by atoms with Crippen LogP contribution in [0.4, 0.5) is 14.6 Å². The van der Waals surface area contributed by atoms with Gasteiger partial charge >= 0.3 is 12.2 Å². The molecule has 7 heteroatoms. The largest absolute Gasteiger partial charge is 0.365 e. The van der Waals surface area contributed by atoms with Crippen LogP contribution in [-0.2, 0) is 0 Å². The van der Waals surface area contributed by atoms with E-state index in [9.17, 15) is 18.9 Å². The van der Waals surface area contributed by atoms with E-state index in [2.05, 4.69) is 4.98 Å². The van der Waals surface area contributed by atoms with Crippen molar-refractivity contribution < 1.29 is 13.7 Å². The molecule has 0 unspecified atom stereocenters. The van der Waals surface area contributed by atoms with Crippen LogP contribution in [0.25, 0.3) is 0 Å². The molecule has 4 nitrogen and oxygen atoms in total. The fourth-order valence-corrected chi connectivity index (χ4v) is 0.918. The molecule has 1 aromatic heterocycles. The zero-order chi connectivity index (χ0) is 10.0. The molecule has 1 heterocycles. The van der Waals surface area contributed by atoms with Crippen molar-refractivity contribution in [1.82, 2.24) is 4.98 Å². The minimum absolute atomic E-state index is 0.128. The van der Waals surface area contributed by atoms with Gasteiger partial charge in [0.15, 0.2) is 0 Å². The van der Waals surface area contributed by atoms with Crippen molar-refractivity contribution in [1.29, 1.82) is 0 Å². The molecule has 0 radical (unpaired) electrons. The summed E-state index contributed by atoms with van der Waals surface area (Å²) in [5.74, 6) is -0.678. The predicted molar refractivity (Wildman–Crippen MR) is 40.9 cm³/mol. The number of hydrogen-bond acceptors (Lipinski definition) is 3. The third-order valence-corrected chi connectivity index (χ3v) is 1.43. The van der Waals surface area contributed by atoms with Gasteiger partial charge in [-0.25, -0.2) is 8.78 Å². The molecular weight excluding hydrogens is 206 g/mol. The van der Waals surface area contributed by atoms with E-state index in [1.54, 1.807) is 0 Å². The molecule has 0 atom stereocenters. The van der Waals surface area contributed by atoms with Crippen LogP contribution in [-0.4, -0.2) is 9.91 Å². The Kier molecular flexibility index (Phi) is 2.72. The van der Waals surface area contributed by atoms with E-state index in [4.69, 9.17) is 11.6 Å². The Morgan fingerprint density at radius 1 is 1.54 bits per heavy atom. The number of nitrogens with zero attached hydrogens (tertiary/aromatic N) is 2. The van der Waals surface area contributed by atoms with Gasteiger partial charge in [0.25, 0.3) is 0 Å². The van der Waals surface area contributed by atoms with E-state index >= 15 is 0 Å². The average Bonchev–Trinajstić information content (AvgIpc) is 2.03. The summed E-state index contributed by atoms with van der Waals surface area (Å²) in [5, 5.41) is 10.0. The van der Waals surface area contributed by atoms with Gasteiger partial charge in [-0.15, -0.1) is 0 Å². The highest BCUT2D eigenvalue weighted by Gasteiger charge is 2.19. The van der Waals surface area contributed by atoms with E-state index in [0.717, 1.165) is 12.1 Å².